The Balaban J connectivity index is 2.04. The van der Waals surface area contributed by atoms with Crippen molar-refractivity contribution in [2.45, 2.75) is 39.7 Å². The minimum absolute atomic E-state index is 0.0581. The predicted octanol–water partition coefficient (Wildman–Crippen LogP) is 5.50. The average Bonchev–Trinajstić information content (AvgIpc) is 2.75. The summed E-state index contributed by atoms with van der Waals surface area (Å²) in [7, 11) is 0. The second-order valence-electron chi connectivity index (χ2n) is 8.29. The van der Waals surface area contributed by atoms with E-state index in [0.29, 0.717) is 17.0 Å². The van der Waals surface area contributed by atoms with Gasteiger partial charge in [0, 0.05) is 29.6 Å². The highest BCUT2D eigenvalue weighted by atomic mass is 35.5. The molecular weight excluding hydrogens is 372 g/mol. The van der Waals surface area contributed by atoms with Crippen molar-refractivity contribution in [1.29, 1.82) is 0 Å². The minimum atomic E-state index is -0.555. The Kier molecular flexibility index (Phi) is 4.54. The number of carbonyl (C=O) groups is 2. The van der Waals surface area contributed by atoms with Crippen LogP contribution in [0.4, 0.5) is 11.4 Å². The van der Waals surface area contributed by atoms with Gasteiger partial charge in [-0.3, -0.25) is 14.5 Å². The van der Waals surface area contributed by atoms with Crippen molar-refractivity contribution in [2.75, 3.05) is 10.2 Å². The molecule has 0 aromatic heterocycles. The summed E-state index contributed by atoms with van der Waals surface area (Å²) in [6.07, 6.45) is 1.17. The molecule has 0 spiro atoms. The Morgan fingerprint density at radius 2 is 1.79 bits per heavy atom. The molecular formula is C23H23ClN2O2. The monoisotopic (exact) mass is 394 g/mol. The summed E-state index contributed by atoms with van der Waals surface area (Å²) in [4.78, 5) is 27.9. The summed E-state index contributed by atoms with van der Waals surface area (Å²) in [5.74, 6) is -0.0757. The van der Waals surface area contributed by atoms with Gasteiger partial charge >= 0.3 is 0 Å². The van der Waals surface area contributed by atoms with Crippen LogP contribution >= 0.6 is 11.6 Å². The van der Waals surface area contributed by atoms with Crippen molar-refractivity contribution in [3.63, 3.8) is 0 Å². The maximum atomic E-state index is 13.3. The lowest BCUT2D eigenvalue weighted by atomic mass is 9.73. The Morgan fingerprint density at radius 3 is 2.50 bits per heavy atom. The fraction of sp³-hybridized carbons (Fsp3) is 0.304. The van der Waals surface area contributed by atoms with Gasteiger partial charge < -0.3 is 5.32 Å². The summed E-state index contributed by atoms with van der Waals surface area (Å²) in [5.41, 5.74) is 3.71. The van der Waals surface area contributed by atoms with Gasteiger partial charge in [0.25, 0.3) is 0 Å². The Morgan fingerprint density at radius 1 is 1.11 bits per heavy atom. The normalized spacial score (nSPS) is 20.8. The van der Waals surface area contributed by atoms with E-state index >= 15 is 0 Å². The van der Waals surface area contributed by atoms with Gasteiger partial charge in [0.2, 0.25) is 5.91 Å². The van der Waals surface area contributed by atoms with Crippen LogP contribution in [0.1, 0.15) is 45.2 Å². The molecule has 1 aliphatic heterocycles. The van der Waals surface area contributed by atoms with Crippen LogP contribution in [0.25, 0.3) is 0 Å². The number of nitrogens with one attached hydrogen (secondary N) is 1. The zero-order chi connectivity index (χ0) is 20.1. The van der Waals surface area contributed by atoms with E-state index in [0.717, 1.165) is 29.1 Å². The SMILES string of the molecule is CC(=O)N1c2ccccc2NC2=C(C(=O)CC(C)(C)C2)C1c1ccccc1Cl. The van der Waals surface area contributed by atoms with E-state index in [-0.39, 0.29) is 17.1 Å². The first kappa shape index (κ1) is 18.8. The topological polar surface area (TPSA) is 49.4 Å². The van der Waals surface area contributed by atoms with Gasteiger partial charge in [-0.05, 0) is 35.6 Å². The van der Waals surface area contributed by atoms with Crippen LogP contribution in [0.5, 0.6) is 0 Å². The van der Waals surface area contributed by atoms with E-state index in [1.54, 1.807) is 11.0 Å². The first-order chi connectivity index (χ1) is 13.3. The fourth-order valence-electron chi connectivity index (χ4n) is 4.33. The first-order valence-electron chi connectivity index (χ1n) is 9.45. The van der Waals surface area contributed by atoms with Gasteiger partial charge in [-0.1, -0.05) is 55.8 Å². The number of Topliss-reactive ketones (excluding diaryl/α,β-unsaturated/α-hetero) is 1. The highest BCUT2D eigenvalue weighted by Crippen LogP contribution is 2.49. The highest BCUT2D eigenvalue weighted by Gasteiger charge is 2.43. The van der Waals surface area contributed by atoms with E-state index < -0.39 is 6.04 Å². The molecule has 144 valence electrons. The summed E-state index contributed by atoms with van der Waals surface area (Å²) in [6.45, 7) is 5.73. The van der Waals surface area contributed by atoms with Crippen LogP contribution in [0.3, 0.4) is 0 Å². The number of para-hydroxylation sites is 2. The first-order valence-corrected chi connectivity index (χ1v) is 9.83. The molecule has 1 heterocycles. The number of anilines is 2. The van der Waals surface area contributed by atoms with Crippen molar-refractivity contribution in [3.05, 3.63) is 70.4 Å². The van der Waals surface area contributed by atoms with Crippen LogP contribution in [0.15, 0.2) is 59.8 Å². The van der Waals surface area contributed by atoms with Crippen molar-refractivity contribution in [2.24, 2.45) is 5.41 Å². The molecule has 1 aliphatic carbocycles. The second kappa shape index (κ2) is 6.78. The molecule has 0 saturated heterocycles. The molecule has 5 heteroatoms. The highest BCUT2D eigenvalue weighted by molar-refractivity contribution is 6.31. The number of carbonyl (C=O) groups excluding carboxylic acids is 2. The Labute approximate surface area is 170 Å². The number of rotatable bonds is 1. The molecule has 1 atom stereocenters. The lowest BCUT2D eigenvalue weighted by molar-refractivity contribution is -0.118. The molecule has 2 aromatic rings. The van der Waals surface area contributed by atoms with Crippen LogP contribution < -0.4 is 10.2 Å². The van der Waals surface area contributed by atoms with E-state index in [2.05, 4.69) is 19.2 Å². The molecule has 4 rings (SSSR count). The van der Waals surface area contributed by atoms with Crippen molar-refractivity contribution in [3.8, 4) is 0 Å². The summed E-state index contributed by atoms with van der Waals surface area (Å²) in [6, 6.07) is 14.6. The minimum Gasteiger partial charge on any atom is -0.357 e. The van der Waals surface area contributed by atoms with Gasteiger partial charge in [-0.25, -0.2) is 0 Å². The zero-order valence-corrected chi connectivity index (χ0v) is 17.0. The third-order valence-corrected chi connectivity index (χ3v) is 5.78. The number of halogens is 1. The molecule has 2 aromatic carbocycles. The molecule has 28 heavy (non-hydrogen) atoms. The summed E-state index contributed by atoms with van der Waals surface area (Å²) in [5, 5.41) is 4.02. The molecule has 1 N–H and O–H groups in total. The number of amides is 1. The quantitative estimate of drug-likeness (QED) is 0.694. The number of fused-ring (bicyclic) bond motifs is 1. The van der Waals surface area contributed by atoms with Gasteiger partial charge in [-0.15, -0.1) is 0 Å². The van der Waals surface area contributed by atoms with E-state index in [1.807, 2.05) is 42.5 Å². The van der Waals surface area contributed by atoms with Crippen LogP contribution in [0, 0.1) is 5.41 Å². The molecule has 2 aliphatic rings. The maximum absolute atomic E-state index is 13.3. The van der Waals surface area contributed by atoms with Crippen molar-refractivity contribution < 1.29 is 9.59 Å². The second-order valence-corrected chi connectivity index (χ2v) is 8.70. The van der Waals surface area contributed by atoms with Crippen molar-refractivity contribution >= 4 is 34.7 Å². The molecule has 0 saturated carbocycles. The fourth-order valence-corrected chi connectivity index (χ4v) is 4.57. The van der Waals surface area contributed by atoms with Gasteiger partial charge in [0.1, 0.15) is 0 Å². The lowest BCUT2D eigenvalue weighted by Crippen LogP contribution is -2.38. The van der Waals surface area contributed by atoms with E-state index in [4.69, 9.17) is 11.6 Å². The molecule has 0 radical (unpaired) electrons. The van der Waals surface area contributed by atoms with Gasteiger partial charge in [0.15, 0.2) is 5.78 Å². The standard InChI is InChI=1S/C23H23ClN2O2/c1-14(27)26-19-11-7-6-10-17(19)25-18-12-23(2,3)13-20(28)21(18)22(26)15-8-4-5-9-16(15)24/h4-11,22,25H,12-13H2,1-3H3. The molecule has 4 nitrogen and oxygen atoms in total. The Hall–Kier alpha value is -2.59. The lowest BCUT2D eigenvalue weighted by Gasteiger charge is -2.37. The molecule has 0 fully saturated rings. The van der Waals surface area contributed by atoms with Crippen LogP contribution in [0.2, 0.25) is 5.02 Å². The van der Waals surface area contributed by atoms with Gasteiger partial charge in [0.05, 0.1) is 17.4 Å². The van der Waals surface area contributed by atoms with E-state index in [9.17, 15) is 9.59 Å². The molecule has 1 amide bonds. The Bertz CT molecular complexity index is 1010. The number of allylic oxidation sites excluding steroid dienone is 1. The maximum Gasteiger partial charge on any atom is 0.224 e. The zero-order valence-electron chi connectivity index (χ0n) is 16.3. The smallest absolute Gasteiger partial charge is 0.224 e. The predicted molar refractivity (Wildman–Crippen MR) is 112 cm³/mol. The number of benzene rings is 2. The van der Waals surface area contributed by atoms with Crippen LogP contribution in [-0.2, 0) is 9.59 Å². The molecule has 0 bridgehead atoms. The van der Waals surface area contributed by atoms with E-state index in [1.165, 1.54) is 6.92 Å². The van der Waals surface area contributed by atoms with Crippen molar-refractivity contribution in [1.82, 2.24) is 0 Å². The summed E-state index contributed by atoms with van der Waals surface area (Å²) < 4.78 is 0. The average molecular weight is 395 g/mol. The number of hydrogen-bond acceptors (Lipinski definition) is 3. The van der Waals surface area contributed by atoms with Crippen LogP contribution in [-0.4, -0.2) is 11.7 Å². The number of hydrogen-bond donors (Lipinski definition) is 1. The van der Waals surface area contributed by atoms with Gasteiger partial charge in [-0.2, -0.15) is 0 Å². The summed E-state index contributed by atoms with van der Waals surface area (Å²) >= 11 is 6.55. The molecule has 1 unspecified atom stereocenters. The third kappa shape index (κ3) is 3.12. The third-order valence-electron chi connectivity index (χ3n) is 5.44. The number of nitrogens with zero attached hydrogens (tertiary/aromatic N) is 1. The largest absolute Gasteiger partial charge is 0.357 e. The number of ketones is 1.